The number of hydrazine groups is 1. The molecule has 1 fully saturated rings. The average molecular weight is 484 g/mol. The number of benzene rings is 3. The van der Waals surface area contributed by atoms with Crippen molar-refractivity contribution in [2.45, 2.75) is 6.61 Å². The van der Waals surface area contributed by atoms with Crippen molar-refractivity contribution in [3.63, 3.8) is 0 Å². The van der Waals surface area contributed by atoms with Crippen LogP contribution in [-0.4, -0.2) is 11.8 Å². The van der Waals surface area contributed by atoms with Gasteiger partial charge in [0.2, 0.25) is 0 Å². The van der Waals surface area contributed by atoms with Gasteiger partial charge < -0.3 is 4.74 Å². The van der Waals surface area contributed by atoms with Gasteiger partial charge in [-0.15, -0.1) is 0 Å². The van der Waals surface area contributed by atoms with Gasteiger partial charge in [0.15, 0.2) is 0 Å². The summed E-state index contributed by atoms with van der Waals surface area (Å²) >= 11 is 9.65. The Morgan fingerprint density at radius 1 is 1.00 bits per heavy atom. The van der Waals surface area contributed by atoms with E-state index in [9.17, 15) is 9.59 Å². The molecular weight excluding hydrogens is 468 g/mol. The molecule has 3 aromatic carbocycles. The van der Waals surface area contributed by atoms with Gasteiger partial charge in [0.25, 0.3) is 11.8 Å². The Morgan fingerprint density at radius 3 is 2.47 bits per heavy atom. The largest absolute Gasteiger partial charge is 0.488 e. The first-order valence-electron chi connectivity index (χ1n) is 9.11. The molecule has 0 aromatic heterocycles. The molecule has 0 aliphatic carbocycles. The minimum Gasteiger partial charge on any atom is -0.488 e. The molecule has 2 amide bonds. The lowest BCUT2D eigenvalue weighted by atomic mass is 10.1. The minimum absolute atomic E-state index is 0.0653. The summed E-state index contributed by atoms with van der Waals surface area (Å²) in [5.41, 5.74) is 4.83. The van der Waals surface area contributed by atoms with Crippen LogP contribution in [0.1, 0.15) is 11.1 Å². The highest BCUT2D eigenvalue weighted by Crippen LogP contribution is 2.29. The summed E-state index contributed by atoms with van der Waals surface area (Å²) in [5, 5.41) is 1.88. The molecule has 1 aliphatic rings. The molecule has 30 heavy (non-hydrogen) atoms. The Labute approximate surface area is 187 Å². The summed E-state index contributed by atoms with van der Waals surface area (Å²) in [7, 11) is 0. The number of nitrogens with one attached hydrogen (secondary N) is 1. The SMILES string of the molecule is O=C1NN(c2ccccc2)C(=O)/C1=C\c1ccc(OCc2ccccc2Cl)c(Br)c1. The lowest BCUT2D eigenvalue weighted by Crippen LogP contribution is -2.35. The van der Waals surface area contributed by atoms with Crippen LogP contribution in [0, 0.1) is 0 Å². The van der Waals surface area contributed by atoms with Crippen molar-refractivity contribution in [1.29, 1.82) is 0 Å². The quantitative estimate of drug-likeness (QED) is 0.404. The van der Waals surface area contributed by atoms with E-state index in [0.29, 0.717) is 33.1 Å². The highest BCUT2D eigenvalue weighted by molar-refractivity contribution is 9.10. The third-order valence-corrected chi connectivity index (χ3v) is 5.50. The molecule has 1 heterocycles. The summed E-state index contributed by atoms with van der Waals surface area (Å²) in [5.74, 6) is -0.217. The van der Waals surface area contributed by atoms with Crippen LogP contribution < -0.4 is 15.2 Å². The van der Waals surface area contributed by atoms with Gasteiger partial charge in [0.05, 0.1) is 10.2 Å². The summed E-state index contributed by atoms with van der Waals surface area (Å²) in [4.78, 5) is 25.0. The van der Waals surface area contributed by atoms with Crippen LogP contribution in [0.25, 0.3) is 6.08 Å². The van der Waals surface area contributed by atoms with Crippen molar-refractivity contribution in [3.05, 3.63) is 99.0 Å². The van der Waals surface area contributed by atoms with Crippen molar-refractivity contribution < 1.29 is 14.3 Å². The summed E-state index contributed by atoms with van der Waals surface area (Å²) in [6.07, 6.45) is 1.56. The summed E-state index contributed by atoms with van der Waals surface area (Å²) in [6.45, 7) is 0.325. The molecule has 3 aromatic rings. The van der Waals surface area contributed by atoms with E-state index < -0.39 is 11.8 Å². The lowest BCUT2D eigenvalue weighted by molar-refractivity contribution is -0.117. The number of hydrogen-bond acceptors (Lipinski definition) is 3. The Bertz CT molecular complexity index is 1150. The molecule has 0 unspecified atom stereocenters. The number of carbonyl (C=O) groups excluding carboxylic acids is 2. The van der Waals surface area contributed by atoms with Crippen molar-refractivity contribution in [2.75, 3.05) is 5.01 Å². The fraction of sp³-hybridized carbons (Fsp3) is 0.0435. The minimum atomic E-state index is -0.445. The highest BCUT2D eigenvalue weighted by Gasteiger charge is 2.34. The molecule has 1 aliphatic heterocycles. The van der Waals surface area contributed by atoms with Crippen molar-refractivity contribution >= 4 is 51.1 Å². The number of anilines is 1. The Kier molecular flexibility index (Phi) is 5.88. The first-order valence-corrected chi connectivity index (χ1v) is 10.3. The number of para-hydroxylation sites is 1. The van der Waals surface area contributed by atoms with Crippen LogP contribution in [0.4, 0.5) is 5.69 Å². The van der Waals surface area contributed by atoms with Crippen LogP contribution in [0.15, 0.2) is 82.8 Å². The molecular formula is C23H16BrClN2O3. The summed E-state index contributed by atoms with van der Waals surface area (Å²) < 4.78 is 6.54. The molecule has 1 saturated heterocycles. The topological polar surface area (TPSA) is 58.6 Å². The first kappa shape index (κ1) is 20.2. The van der Waals surface area contributed by atoms with E-state index in [0.717, 1.165) is 5.56 Å². The highest BCUT2D eigenvalue weighted by atomic mass is 79.9. The van der Waals surface area contributed by atoms with Crippen LogP contribution >= 0.6 is 27.5 Å². The number of halogens is 2. The van der Waals surface area contributed by atoms with Crippen LogP contribution in [0.3, 0.4) is 0 Å². The number of amides is 2. The number of hydrogen-bond donors (Lipinski definition) is 1. The lowest BCUT2D eigenvalue weighted by Gasteiger charge is -2.13. The molecule has 150 valence electrons. The fourth-order valence-corrected chi connectivity index (χ4v) is 3.68. The normalized spacial score (nSPS) is 14.9. The van der Waals surface area contributed by atoms with E-state index >= 15 is 0 Å². The smallest absolute Gasteiger partial charge is 0.282 e. The molecule has 4 rings (SSSR count). The van der Waals surface area contributed by atoms with E-state index in [1.807, 2.05) is 30.3 Å². The maximum Gasteiger partial charge on any atom is 0.282 e. The molecule has 1 N–H and O–H groups in total. The number of ether oxygens (including phenoxy) is 1. The van der Waals surface area contributed by atoms with E-state index in [4.69, 9.17) is 16.3 Å². The molecule has 7 heteroatoms. The number of nitrogens with zero attached hydrogens (tertiary/aromatic N) is 1. The summed E-state index contributed by atoms with van der Waals surface area (Å²) in [6, 6.07) is 21.8. The molecule has 5 nitrogen and oxygen atoms in total. The van der Waals surface area contributed by atoms with Gasteiger partial charge in [0, 0.05) is 10.6 Å². The third-order valence-electron chi connectivity index (χ3n) is 4.51. The van der Waals surface area contributed by atoms with E-state index in [2.05, 4.69) is 21.4 Å². The maximum atomic E-state index is 12.7. The van der Waals surface area contributed by atoms with Crippen LogP contribution in [0.2, 0.25) is 5.02 Å². The standard InChI is InChI=1S/C23H16BrClN2O3/c24-19-13-15(10-11-21(19)30-14-16-6-4-5-9-20(16)25)12-18-22(28)26-27(23(18)29)17-7-2-1-3-8-17/h1-13H,14H2,(H,26,28)/b18-12-. The second-order valence-corrected chi connectivity index (χ2v) is 7.81. The average Bonchev–Trinajstić information content (AvgIpc) is 3.03. The van der Waals surface area contributed by atoms with Gasteiger partial charge in [-0.1, -0.05) is 54.1 Å². The third kappa shape index (κ3) is 4.25. The van der Waals surface area contributed by atoms with Gasteiger partial charge in [-0.2, -0.15) is 0 Å². The van der Waals surface area contributed by atoms with Gasteiger partial charge in [-0.3, -0.25) is 15.0 Å². The zero-order valence-corrected chi connectivity index (χ0v) is 18.0. The number of carbonyl (C=O) groups is 2. The van der Waals surface area contributed by atoms with Crippen molar-refractivity contribution in [3.8, 4) is 5.75 Å². The van der Waals surface area contributed by atoms with Gasteiger partial charge >= 0.3 is 0 Å². The molecule has 0 atom stereocenters. The molecule has 0 radical (unpaired) electrons. The zero-order chi connectivity index (χ0) is 21.1. The van der Waals surface area contributed by atoms with Gasteiger partial charge in [0.1, 0.15) is 17.9 Å². The van der Waals surface area contributed by atoms with Crippen LogP contribution in [-0.2, 0) is 16.2 Å². The predicted molar refractivity (Wildman–Crippen MR) is 120 cm³/mol. The molecule has 0 bridgehead atoms. The Balaban J connectivity index is 1.51. The predicted octanol–water partition coefficient (Wildman–Crippen LogP) is 5.14. The second-order valence-electron chi connectivity index (χ2n) is 6.54. The van der Waals surface area contributed by atoms with E-state index in [1.165, 1.54) is 5.01 Å². The maximum absolute atomic E-state index is 12.7. The van der Waals surface area contributed by atoms with Gasteiger partial charge in [-0.05, 0) is 57.9 Å². The first-order chi connectivity index (χ1) is 14.5. The number of rotatable bonds is 5. The van der Waals surface area contributed by atoms with E-state index in [1.54, 1.807) is 48.5 Å². The van der Waals surface area contributed by atoms with Crippen molar-refractivity contribution in [2.24, 2.45) is 0 Å². The Morgan fingerprint density at radius 2 is 1.73 bits per heavy atom. The van der Waals surface area contributed by atoms with E-state index in [-0.39, 0.29) is 5.57 Å². The van der Waals surface area contributed by atoms with Crippen molar-refractivity contribution in [1.82, 2.24) is 5.43 Å². The second kappa shape index (κ2) is 8.73. The molecule has 0 saturated carbocycles. The Hall–Kier alpha value is -3.09. The van der Waals surface area contributed by atoms with Crippen LogP contribution in [0.5, 0.6) is 5.75 Å². The monoisotopic (exact) mass is 482 g/mol. The fourth-order valence-electron chi connectivity index (χ4n) is 2.98. The zero-order valence-electron chi connectivity index (χ0n) is 15.6. The molecule has 0 spiro atoms. The van der Waals surface area contributed by atoms with Gasteiger partial charge in [-0.25, -0.2) is 5.01 Å².